The van der Waals surface area contributed by atoms with Crippen LogP contribution in [0.25, 0.3) is 0 Å². The van der Waals surface area contributed by atoms with E-state index in [-0.39, 0.29) is 15.7 Å². The SMILES string of the molecule is COc1ccc(N([C@@H](C)C(=O)Nc2ccc(Cl)cc2Cl)S(C)(=O)=O)cc1Cl. The molecule has 146 valence electrons. The molecule has 2 rings (SSSR count). The standard InChI is InChI=1S/C17H17Cl3N2O4S/c1-10(17(23)21-15-6-4-11(18)8-13(15)19)22(27(3,24)25)12-5-7-16(26-2)14(20)9-12/h4-10H,1-3H3,(H,21,23)/t10-/m0/s1. The Morgan fingerprint density at radius 1 is 1.11 bits per heavy atom. The lowest BCUT2D eigenvalue weighted by atomic mass is 10.2. The number of sulfonamides is 1. The molecule has 1 amide bonds. The van der Waals surface area contributed by atoms with Crippen molar-refractivity contribution in [2.24, 2.45) is 0 Å². The first-order valence-electron chi connectivity index (χ1n) is 7.63. The molecule has 0 radical (unpaired) electrons. The predicted molar refractivity (Wildman–Crippen MR) is 110 cm³/mol. The van der Waals surface area contributed by atoms with Gasteiger partial charge in [-0.15, -0.1) is 0 Å². The number of hydrogen-bond acceptors (Lipinski definition) is 4. The van der Waals surface area contributed by atoms with Gasteiger partial charge >= 0.3 is 0 Å². The summed E-state index contributed by atoms with van der Waals surface area (Å²) in [5, 5.41) is 3.47. The van der Waals surface area contributed by atoms with E-state index in [9.17, 15) is 13.2 Å². The average Bonchev–Trinajstić information content (AvgIpc) is 2.56. The number of nitrogens with one attached hydrogen (secondary N) is 1. The molecule has 0 aliphatic heterocycles. The first kappa shape index (κ1) is 21.6. The Hall–Kier alpha value is -1.67. The third-order valence-electron chi connectivity index (χ3n) is 3.67. The predicted octanol–water partition coefficient (Wildman–Crippen LogP) is 4.45. The summed E-state index contributed by atoms with van der Waals surface area (Å²) >= 11 is 18.0. The van der Waals surface area contributed by atoms with Gasteiger partial charge in [0.05, 0.1) is 34.8 Å². The van der Waals surface area contributed by atoms with Gasteiger partial charge < -0.3 is 10.1 Å². The zero-order valence-electron chi connectivity index (χ0n) is 14.7. The molecule has 0 fully saturated rings. The van der Waals surface area contributed by atoms with Crippen LogP contribution >= 0.6 is 34.8 Å². The third-order valence-corrected chi connectivity index (χ3v) is 5.75. The molecule has 2 aromatic rings. The summed E-state index contributed by atoms with van der Waals surface area (Å²) in [6, 6.07) is 7.94. The number of benzene rings is 2. The first-order chi connectivity index (χ1) is 12.5. The van der Waals surface area contributed by atoms with Gasteiger partial charge in [-0.2, -0.15) is 0 Å². The second kappa shape index (κ2) is 8.56. The maximum atomic E-state index is 12.7. The van der Waals surface area contributed by atoms with E-state index >= 15 is 0 Å². The number of anilines is 2. The smallest absolute Gasteiger partial charge is 0.248 e. The van der Waals surface area contributed by atoms with Gasteiger partial charge in [-0.05, 0) is 43.3 Å². The minimum atomic E-state index is -3.79. The van der Waals surface area contributed by atoms with Crippen molar-refractivity contribution in [2.45, 2.75) is 13.0 Å². The number of nitrogens with zero attached hydrogens (tertiary/aromatic N) is 1. The van der Waals surface area contributed by atoms with Gasteiger partial charge in [0.15, 0.2) is 0 Å². The third kappa shape index (κ3) is 5.19. The summed E-state index contributed by atoms with van der Waals surface area (Å²) in [5.41, 5.74) is 0.548. The van der Waals surface area contributed by atoms with E-state index in [1.807, 2.05) is 0 Å². The van der Waals surface area contributed by atoms with Crippen LogP contribution in [0.3, 0.4) is 0 Å². The normalized spacial score (nSPS) is 12.4. The van der Waals surface area contributed by atoms with Crippen molar-refractivity contribution >= 4 is 62.1 Å². The van der Waals surface area contributed by atoms with Crippen LogP contribution in [0.4, 0.5) is 11.4 Å². The molecular weight excluding hydrogens is 435 g/mol. The summed E-state index contributed by atoms with van der Waals surface area (Å²) in [5.74, 6) is -0.185. The van der Waals surface area contributed by atoms with Gasteiger partial charge in [0.1, 0.15) is 11.8 Å². The average molecular weight is 452 g/mol. The van der Waals surface area contributed by atoms with E-state index in [1.54, 1.807) is 6.07 Å². The highest BCUT2D eigenvalue weighted by Gasteiger charge is 2.30. The number of carbonyl (C=O) groups is 1. The molecule has 10 heteroatoms. The zero-order valence-corrected chi connectivity index (χ0v) is 17.7. The molecule has 0 aromatic heterocycles. The van der Waals surface area contributed by atoms with E-state index in [2.05, 4.69) is 5.32 Å². The number of methoxy groups -OCH3 is 1. The molecule has 2 aromatic carbocycles. The van der Waals surface area contributed by atoms with E-state index in [0.717, 1.165) is 10.6 Å². The Morgan fingerprint density at radius 2 is 1.78 bits per heavy atom. The van der Waals surface area contributed by atoms with Crippen molar-refractivity contribution in [3.63, 3.8) is 0 Å². The van der Waals surface area contributed by atoms with Crippen molar-refractivity contribution in [2.75, 3.05) is 23.0 Å². The second-order valence-electron chi connectivity index (χ2n) is 5.67. The summed E-state index contributed by atoms with van der Waals surface area (Å²) in [6.45, 7) is 1.46. The fraction of sp³-hybridized carbons (Fsp3) is 0.235. The van der Waals surface area contributed by atoms with Gasteiger partial charge in [-0.3, -0.25) is 9.10 Å². The van der Waals surface area contributed by atoms with Crippen LogP contribution in [0.2, 0.25) is 15.1 Å². The molecule has 0 bridgehead atoms. The van der Waals surface area contributed by atoms with Crippen LogP contribution in [0, 0.1) is 0 Å². The van der Waals surface area contributed by atoms with E-state index < -0.39 is 22.0 Å². The van der Waals surface area contributed by atoms with Gasteiger partial charge in [0, 0.05) is 5.02 Å². The van der Waals surface area contributed by atoms with Crippen LogP contribution in [0.5, 0.6) is 5.75 Å². The molecule has 0 heterocycles. The molecule has 1 atom stereocenters. The van der Waals surface area contributed by atoms with Crippen LogP contribution in [-0.4, -0.2) is 33.7 Å². The van der Waals surface area contributed by atoms with Crippen molar-refractivity contribution < 1.29 is 17.9 Å². The van der Waals surface area contributed by atoms with Crippen molar-refractivity contribution in [3.05, 3.63) is 51.5 Å². The fourth-order valence-electron chi connectivity index (χ4n) is 2.43. The number of carbonyl (C=O) groups excluding carboxylic acids is 1. The minimum absolute atomic E-state index is 0.219. The Balaban J connectivity index is 2.36. The summed E-state index contributed by atoms with van der Waals surface area (Å²) < 4.78 is 30.7. The van der Waals surface area contributed by atoms with Gasteiger partial charge in [0.25, 0.3) is 0 Å². The molecule has 0 spiro atoms. The lowest BCUT2D eigenvalue weighted by molar-refractivity contribution is -0.116. The van der Waals surface area contributed by atoms with Crippen molar-refractivity contribution in [1.82, 2.24) is 0 Å². The molecule has 27 heavy (non-hydrogen) atoms. The molecule has 0 unspecified atom stereocenters. The zero-order chi connectivity index (χ0) is 20.4. The Kier molecular flexibility index (Phi) is 6.86. The monoisotopic (exact) mass is 450 g/mol. The number of hydrogen-bond donors (Lipinski definition) is 1. The van der Waals surface area contributed by atoms with Crippen molar-refractivity contribution in [3.8, 4) is 5.75 Å². The van der Waals surface area contributed by atoms with E-state index in [0.29, 0.717) is 16.5 Å². The molecule has 1 N–H and O–H groups in total. The van der Waals surface area contributed by atoms with Crippen molar-refractivity contribution in [1.29, 1.82) is 0 Å². The van der Waals surface area contributed by atoms with Crippen LogP contribution in [0.15, 0.2) is 36.4 Å². The molecule has 0 aliphatic carbocycles. The Morgan fingerprint density at radius 3 is 2.30 bits per heavy atom. The first-order valence-corrected chi connectivity index (χ1v) is 10.6. The van der Waals surface area contributed by atoms with Gasteiger partial charge in [-0.1, -0.05) is 34.8 Å². The van der Waals surface area contributed by atoms with Crippen LogP contribution in [0.1, 0.15) is 6.92 Å². The highest BCUT2D eigenvalue weighted by Crippen LogP contribution is 2.32. The number of rotatable bonds is 6. The van der Waals surface area contributed by atoms with Gasteiger partial charge in [-0.25, -0.2) is 8.42 Å². The topological polar surface area (TPSA) is 75.7 Å². The quantitative estimate of drug-likeness (QED) is 0.704. The number of ether oxygens (including phenoxy) is 1. The maximum absolute atomic E-state index is 12.7. The Labute approximate surface area is 173 Å². The van der Waals surface area contributed by atoms with Crippen LogP contribution < -0.4 is 14.4 Å². The summed E-state index contributed by atoms with van der Waals surface area (Å²) in [6.07, 6.45) is 1.00. The molecular formula is C17H17Cl3N2O4S. The molecule has 0 saturated carbocycles. The summed E-state index contributed by atoms with van der Waals surface area (Å²) in [4.78, 5) is 12.7. The van der Waals surface area contributed by atoms with Crippen LogP contribution in [-0.2, 0) is 14.8 Å². The van der Waals surface area contributed by atoms with E-state index in [4.69, 9.17) is 39.5 Å². The highest BCUT2D eigenvalue weighted by molar-refractivity contribution is 7.92. The highest BCUT2D eigenvalue weighted by atomic mass is 35.5. The lowest BCUT2D eigenvalue weighted by Gasteiger charge is -2.28. The fourth-order valence-corrected chi connectivity index (χ4v) is 4.30. The number of halogens is 3. The molecule has 0 saturated heterocycles. The Bertz CT molecular complexity index is 967. The van der Waals surface area contributed by atoms with E-state index in [1.165, 1.54) is 44.4 Å². The molecule has 0 aliphatic rings. The minimum Gasteiger partial charge on any atom is -0.495 e. The number of amides is 1. The lowest BCUT2D eigenvalue weighted by Crippen LogP contribution is -2.45. The molecule has 6 nitrogen and oxygen atoms in total. The summed E-state index contributed by atoms with van der Waals surface area (Å²) in [7, 11) is -2.34. The van der Waals surface area contributed by atoms with Gasteiger partial charge in [0.2, 0.25) is 15.9 Å². The second-order valence-corrected chi connectivity index (χ2v) is 8.78. The largest absolute Gasteiger partial charge is 0.495 e. The maximum Gasteiger partial charge on any atom is 0.248 e.